The van der Waals surface area contributed by atoms with Crippen molar-refractivity contribution < 1.29 is 14.3 Å². The van der Waals surface area contributed by atoms with E-state index in [2.05, 4.69) is 46.9 Å². The average Bonchev–Trinajstić information content (AvgIpc) is 3.22. The van der Waals surface area contributed by atoms with Crippen molar-refractivity contribution in [1.82, 2.24) is 14.5 Å². The Morgan fingerprint density at radius 3 is 2.45 bits per heavy atom. The normalized spacial score (nSPS) is 11.2. The lowest BCUT2D eigenvalue weighted by Gasteiger charge is -2.10. The molecule has 4 rings (SSSR count). The van der Waals surface area contributed by atoms with Gasteiger partial charge in [-0.15, -0.1) is 0 Å². The molecule has 2 heterocycles. The lowest BCUT2D eigenvalue weighted by atomic mass is 9.99. The van der Waals surface area contributed by atoms with Crippen LogP contribution in [0.5, 0.6) is 5.75 Å². The van der Waals surface area contributed by atoms with Gasteiger partial charge in [0.15, 0.2) is 0 Å². The van der Waals surface area contributed by atoms with Crippen LogP contribution in [0.2, 0.25) is 0 Å². The van der Waals surface area contributed by atoms with Crippen molar-refractivity contribution in [2.24, 2.45) is 0 Å². The number of aryl methyl sites for hydroxylation is 1. The number of fused-ring (bicyclic) bond motifs is 1. The van der Waals surface area contributed by atoms with E-state index < -0.39 is 0 Å². The van der Waals surface area contributed by atoms with E-state index in [1.54, 1.807) is 7.11 Å². The Morgan fingerprint density at radius 1 is 1.00 bits per heavy atom. The molecule has 0 saturated heterocycles. The summed E-state index contributed by atoms with van der Waals surface area (Å²) in [6.45, 7) is 1.84. The molecule has 0 aliphatic rings. The van der Waals surface area contributed by atoms with Gasteiger partial charge in [-0.25, -0.2) is 4.79 Å². The zero-order valence-electron chi connectivity index (χ0n) is 19.5. The van der Waals surface area contributed by atoms with Crippen LogP contribution < -0.4 is 4.74 Å². The summed E-state index contributed by atoms with van der Waals surface area (Å²) in [5.41, 5.74) is 5.55. The van der Waals surface area contributed by atoms with Gasteiger partial charge in [0.05, 0.1) is 19.8 Å². The summed E-state index contributed by atoms with van der Waals surface area (Å²) in [4.78, 5) is 19.3. The summed E-state index contributed by atoms with van der Waals surface area (Å²) in [7, 11) is 7.22. The molecule has 0 saturated carbocycles. The predicted molar refractivity (Wildman–Crippen MR) is 132 cm³/mol. The maximum absolute atomic E-state index is 12.6. The highest BCUT2D eigenvalue weighted by atomic mass is 16.5. The third kappa shape index (κ3) is 4.76. The fraction of sp³-hybridized carbons (Fsp3) is 0.259. The van der Waals surface area contributed by atoms with Crippen molar-refractivity contribution in [3.05, 3.63) is 72.7 Å². The number of hydrogen-bond acceptors (Lipinski definition) is 5. The number of carbonyl (C=O) groups is 1. The van der Waals surface area contributed by atoms with Crippen LogP contribution in [0.1, 0.15) is 16.8 Å². The van der Waals surface area contributed by atoms with E-state index in [0.717, 1.165) is 58.4 Å². The van der Waals surface area contributed by atoms with Gasteiger partial charge in [-0.05, 0) is 63.0 Å². The second kappa shape index (κ2) is 9.88. The molecule has 0 atom stereocenters. The number of pyridine rings is 1. The van der Waals surface area contributed by atoms with Crippen molar-refractivity contribution in [2.45, 2.75) is 13.0 Å². The topological polar surface area (TPSA) is 56.6 Å². The summed E-state index contributed by atoms with van der Waals surface area (Å²) < 4.78 is 12.6. The van der Waals surface area contributed by atoms with E-state index in [1.165, 1.54) is 7.11 Å². The molecule has 2 aromatic heterocycles. The third-order valence-electron chi connectivity index (χ3n) is 5.79. The largest absolute Gasteiger partial charge is 0.497 e. The van der Waals surface area contributed by atoms with Gasteiger partial charge >= 0.3 is 5.97 Å². The van der Waals surface area contributed by atoms with Crippen molar-refractivity contribution in [3.8, 4) is 28.0 Å². The molecule has 6 nitrogen and oxygen atoms in total. The van der Waals surface area contributed by atoms with E-state index in [-0.39, 0.29) is 5.97 Å². The third-order valence-corrected chi connectivity index (χ3v) is 5.79. The van der Waals surface area contributed by atoms with Crippen LogP contribution in [0.3, 0.4) is 0 Å². The van der Waals surface area contributed by atoms with Crippen LogP contribution in [-0.4, -0.2) is 55.3 Å². The predicted octanol–water partition coefficient (Wildman–Crippen LogP) is 5.12. The van der Waals surface area contributed by atoms with Crippen LogP contribution in [-0.2, 0) is 11.3 Å². The van der Waals surface area contributed by atoms with E-state index in [1.807, 2.05) is 48.8 Å². The summed E-state index contributed by atoms with van der Waals surface area (Å²) in [5.74, 6) is 0.471. The van der Waals surface area contributed by atoms with Gasteiger partial charge < -0.3 is 18.9 Å². The van der Waals surface area contributed by atoms with Gasteiger partial charge in [-0.3, -0.25) is 4.98 Å². The first kappa shape index (κ1) is 22.6. The maximum Gasteiger partial charge on any atom is 0.338 e. The number of ether oxygens (including phenoxy) is 2. The number of aromatic nitrogens is 2. The SMILES string of the molecule is COC(=O)c1cccc2c1c(-c1cncc(-c3ccc(OC)cc3)c1)cn2CCCN(C)C. The van der Waals surface area contributed by atoms with Crippen LogP contribution in [0.25, 0.3) is 33.2 Å². The molecular weight excluding hydrogens is 414 g/mol. The molecule has 0 bridgehead atoms. The number of carbonyl (C=O) groups excluding carboxylic acids is 1. The van der Waals surface area contributed by atoms with Crippen molar-refractivity contribution in [1.29, 1.82) is 0 Å². The van der Waals surface area contributed by atoms with Gasteiger partial charge in [-0.2, -0.15) is 0 Å². The smallest absolute Gasteiger partial charge is 0.338 e. The highest BCUT2D eigenvalue weighted by Gasteiger charge is 2.19. The first-order valence-electron chi connectivity index (χ1n) is 11.0. The van der Waals surface area contributed by atoms with Gasteiger partial charge in [0, 0.05) is 52.7 Å². The zero-order chi connectivity index (χ0) is 23.4. The van der Waals surface area contributed by atoms with Crippen molar-refractivity contribution >= 4 is 16.9 Å². The van der Waals surface area contributed by atoms with Gasteiger partial charge in [-0.1, -0.05) is 18.2 Å². The monoisotopic (exact) mass is 443 g/mol. The number of esters is 1. The standard InChI is InChI=1S/C27H29N3O3/c1-29(2)13-6-14-30-18-24(26-23(27(31)33-4)7-5-8-25(26)30)21-15-20(16-28-17-21)19-9-11-22(32-3)12-10-19/h5,7-12,15-18H,6,13-14H2,1-4H3. The molecular formula is C27H29N3O3. The molecule has 170 valence electrons. The molecule has 4 aromatic rings. The maximum atomic E-state index is 12.6. The number of hydrogen-bond donors (Lipinski definition) is 0. The van der Waals surface area contributed by atoms with Crippen molar-refractivity contribution in [2.75, 3.05) is 34.9 Å². The van der Waals surface area contributed by atoms with Gasteiger partial charge in [0.2, 0.25) is 0 Å². The zero-order valence-corrected chi connectivity index (χ0v) is 19.5. The molecule has 0 radical (unpaired) electrons. The van der Waals surface area contributed by atoms with Crippen LogP contribution >= 0.6 is 0 Å². The quantitative estimate of drug-likeness (QED) is 0.354. The first-order valence-corrected chi connectivity index (χ1v) is 11.0. The molecule has 0 amide bonds. The molecule has 0 spiro atoms. The van der Waals surface area contributed by atoms with Crippen LogP contribution in [0.4, 0.5) is 0 Å². The molecule has 6 heteroatoms. The van der Waals surface area contributed by atoms with Crippen LogP contribution in [0, 0.1) is 0 Å². The highest BCUT2D eigenvalue weighted by Crippen LogP contribution is 2.35. The minimum Gasteiger partial charge on any atom is -0.497 e. The van der Waals surface area contributed by atoms with Crippen LogP contribution in [0.15, 0.2) is 67.1 Å². The van der Waals surface area contributed by atoms with E-state index >= 15 is 0 Å². The Kier molecular flexibility index (Phi) is 6.75. The minimum absolute atomic E-state index is 0.341. The fourth-order valence-electron chi connectivity index (χ4n) is 4.12. The lowest BCUT2D eigenvalue weighted by molar-refractivity contribution is 0.0603. The molecule has 0 aliphatic heterocycles. The fourth-order valence-corrected chi connectivity index (χ4v) is 4.12. The first-order chi connectivity index (χ1) is 16.0. The molecule has 0 N–H and O–H groups in total. The average molecular weight is 444 g/mol. The second-order valence-electron chi connectivity index (χ2n) is 8.28. The van der Waals surface area contributed by atoms with E-state index in [9.17, 15) is 4.79 Å². The minimum atomic E-state index is -0.341. The highest BCUT2D eigenvalue weighted by molar-refractivity contribution is 6.10. The van der Waals surface area contributed by atoms with E-state index in [4.69, 9.17) is 9.47 Å². The second-order valence-corrected chi connectivity index (χ2v) is 8.28. The molecule has 2 aromatic carbocycles. The Balaban J connectivity index is 1.83. The summed E-state index contributed by atoms with van der Waals surface area (Å²) in [6, 6.07) is 15.8. The summed E-state index contributed by atoms with van der Waals surface area (Å²) in [5, 5.41) is 0.892. The number of benzene rings is 2. The summed E-state index contributed by atoms with van der Waals surface area (Å²) in [6.07, 6.45) is 6.83. The molecule has 33 heavy (non-hydrogen) atoms. The Labute approximate surface area is 194 Å². The Morgan fingerprint density at radius 2 is 1.76 bits per heavy atom. The number of rotatable bonds is 8. The molecule has 0 aliphatic carbocycles. The Bertz CT molecular complexity index is 1260. The van der Waals surface area contributed by atoms with Crippen molar-refractivity contribution in [3.63, 3.8) is 0 Å². The number of nitrogens with zero attached hydrogens (tertiary/aromatic N) is 3. The summed E-state index contributed by atoms with van der Waals surface area (Å²) >= 11 is 0. The van der Waals surface area contributed by atoms with Gasteiger partial charge in [0.1, 0.15) is 5.75 Å². The molecule has 0 unspecified atom stereocenters. The Hall–Kier alpha value is -3.64. The lowest BCUT2D eigenvalue weighted by Crippen LogP contribution is -2.14. The van der Waals surface area contributed by atoms with Gasteiger partial charge in [0.25, 0.3) is 0 Å². The number of methoxy groups -OCH3 is 2. The van der Waals surface area contributed by atoms with E-state index in [0.29, 0.717) is 5.56 Å². The molecule has 0 fully saturated rings.